The standard InChI is InChI=1S/C18H11N3O2S/c1-2-4-14-12(3-1)13(7-8-19-14)18-21-20-17(24-18)11-5-6-15-16(9-11)23-10-22-15/h1-9H,10H2. The van der Waals surface area contributed by atoms with Gasteiger partial charge in [0, 0.05) is 22.7 Å². The molecule has 0 saturated carbocycles. The molecule has 6 heteroatoms. The number of fused-ring (bicyclic) bond motifs is 2. The molecule has 2 aromatic heterocycles. The van der Waals surface area contributed by atoms with E-state index in [-0.39, 0.29) is 6.79 Å². The topological polar surface area (TPSA) is 57.1 Å². The van der Waals surface area contributed by atoms with Crippen LogP contribution in [0.1, 0.15) is 0 Å². The molecule has 3 heterocycles. The third-order valence-corrected chi connectivity index (χ3v) is 4.93. The molecule has 2 aromatic carbocycles. The highest BCUT2D eigenvalue weighted by atomic mass is 32.1. The Bertz CT molecular complexity index is 1060. The van der Waals surface area contributed by atoms with Crippen molar-refractivity contribution in [2.75, 3.05) is 6.79 Å². The minimum Gasteiger partial charge on any atom is -0.454 e. The summed E-state index contributed by atoms with van der Waals surface area (Å²) in [5.74, 6) is 1.52. The Morgan fingerprint density at radius 2 is 1.75 bits per heavy atom. The summed E-state index contributed by atoms with van der Waals surface area (Å²) in [6, 6.07) is 15.8. The number of hydrogen-bond donors (Lipinski definition) is 0. The van der Waals surface area contributed by atoms with Crippen molar-refractivity contribution in [1.29, 1.82) is 0 Å². The molecule has 1 aliphatic heterocycles. The number of hydrogen-bond acceptors (Lipinski definition) is 6. The first kappa shape index (κ1) is 13.4. The summed E-state index contributed by atoms with van der Waals surface area (Å²) < 4.78 is 10.8. The number of ether oxygens (including phenoxy) is 2. The summed E-state index contributed by atoms with van der Waals surface area (Å²) in [7, 11) is 0. The van der Waals surface area contributed by atoms with Gasteiger partial charge in [-0.1, -0.05) is 29.5 Å². The fourth-order valence-electron chi connectivity index (χ4n) is 2.76. The second-order valence-electron chi connectivity index (χ2n) is 5.36. The van der Waals surface area contributed by atoms with Crippen LogP contribution in [0.2, 0.25) is 0 Å². The molecule has 0 aliphatic carbocycles. The molecule has 0 fully saturated rings. The summed E-state index contributed by atoms with van der Waals surface area (Å²) in [4.78, 5) is 4.40. The Labute approximate surface area is 141 Å². The average molecular weight is 333 g/mol. The molecule has 116 valence electrons. The van der Waals surface area contributed by atoms with E-state index in [4.69, 9.17) is 9.47 Å². The largest absolute Gasteiger partial charge is 0.454 e. The van der Waals surface area contributed by atoms with Crippen LogP contribution in [0.15, 0.2) is 54.7 Å². The molecule has 0 amide bonds. The van der Waals surface area contributed by atoms with Gasteiger partial charge in [-0.05, 0) is 30.3 Å². The third-order valence-electron chi connectivity index (χ3n) is 3.92. The van der Waals surface area contributed by atoms with Gasteiger partial charge in [0.25, 0.3) is 0 Å². The van der Waals surface area contributed by atoms with E-state index in [1.807, 2.05) is 42.5 Å². The van der Waals surface area contributed by atoms with E-state index in [0.29, 0.717) is 0 Å². The maximum Gasteiger partial charge on any atom is 0.231 e. The van der Waals surface area contributed by atoms with Gasteiger partial charge >= 0.3 is 0 Å². The number of benzene rings is 2. The predicted molar refractivity (Wildman–Crippen MR) is 92.2 cm³/mol. The molecule has 0 atom stereocenters. The Morgan fingerprint density at radius 1 is 0.875 bits per heavy atom. The molecule has 0 bridgehead atoms. The molecule has 24 heavy (non-hydrogen) atoms. The quantitative estimate of drug-likeness (QED) is 0.551. The zero-order valence-corrected chi connectivity index (χ0v) is 13.3. The van der Waals surface area contributed by atoms with E-state index in [9.17, 15) is 0 Å². The first-order chi connectivity index (χ1) is 11.9. The SMILES string of the molecule is c1ccc2c(-c3nnc(-c4ccc5c(c4)OCO5)s3)ccnc2c1. The first-order valence-electron chi connectivity index (χ1n) is 7.46. The summed E-state index contributed by atoms with van der Waals surface area (Å²) in [6.45, 7) is 0.267. The Hall–Kier alpha value is -2.99. The molecule has 0 saturated heterocycles. The first-order valence-corrected chi connectivity index (χ1v) is 8.28. The predicted octanol–water partition coefficient (Wildman–Crippen LogP) is 4.15. The van der Waals surface area contributed by atoms with Crippen molar-refractivity contribution in [3.05, 3.63) is 54.7 Å². The fourth-order valence-corrected chi connectivity index (χ4v) is 3.64. The molecule has 1 aliphatic rings. The lowest BCUT2D eigenvalue weighted by atomic mass is 10.1. The smallest absolute Gasteiger partial charge is 0.231 e. The van der Waals surface area contributed by atoms with Gasteiger partial charge in [-0.2, -0.15) is 0 Å². The van der Waals surface area contributed by atoms with Crippen LogP contribution in [-0.2, 0) is 0 Å². The van der Waals surface area contributed by atoms with E-state index in [2.05, 4.69) is 21.2 Å². The van der Waals surface area contributed by atoms with E-state index in [0.717, 1.165) is 43.5 Å². The van der Waals surface area contributed by atoms with Gasteiger partial charge < -0.3 is 9.47 Å². The van der Waals surface area contributed by atoms with Crippen LogP contribution in [0.5, 0.6) is 11.5 Å². The van der Waals surface area contributed by atoms with Crippen molar-refractivity contribution < 1.29 is 9.47 Å². The lowest BCUT2D eigenvalue weighted by Crippen LogP contribution is -1.92. The molecule has 0 radical (unpaired) electrons. The molecule has 5 nitrogen and oxygen atoms in total. The van der Waals surface area contributed by atoms with E-state index in [1.165, 1.54) is 0 Å². The number of aromatic nitrogens is 3. The van der Waals surface area contributed by atoms with Crippen LogP contribution in [0.3, 0.4) is 0 Å². The summed E-state index contributed by atoms with van der Waals surface area (Å²) in [5, 5.41) is 11.5. The van der Waals surface area contributed by atoms with Crippen molar-refractivity contribution in [3.8, 4) is 32.6 Å². The van der Waals surface area contributed by atoms with Gasteiger partial charge in [0.05, 0.1) is 5.52 Å². The van der Waals surface area contributed by atoms with Gasteiger partial charge in [-0.3, -0.25) is 4.98 Å². The maximum atomic E-state index is 5.44. The van der Waals surface area contributed by atoms with Crippen LogP contribution in [-0.4, -0.2) is 22.0 Å². The molecular weight excluding hydrogens is 322 g/mol. The van der Waals surface area contributed by atoms with Crippen molar-refractivity contribution in [2.24, 2.45) is 0 Å². The van der Waals surface area contributed by atoms with Crippen LogP contribution < -0.4 is 9.47 Å². The maximum absolute atomic E-state index is 5.44. The van der Waals surface area contributed by atoms with Gasteiger partial charge in [0.1, 0.15) is 10.0 Å². The van der Waals surface area contributed by atoms with E-state index < -0.39 is 0 Å². The lowest BCUT2D eigenvalue weighted by molar-refractivity contribution is 0.174. The van der Waals surface area contributed by atoms with E-state index >= 15 is 0 Å². The average Bonchev–Trinajstić information content (AvgIpc) is 3.30. The Morgan fingerprint density at radius 3 is 2.75 bits per heavy atom. The third kappa shape index (κ3) is 2.11. The highest BCUT2D eigenvalue weighted by Crippen LogP contribution is 2.38. The van der Waals surface area contributed by atoms with Crippen molar-refractivity contribution in [3.63, 3.8) is 0 Å². The van der Waals surface area contributed by atoms with E-state index in [1.54, 1.807) is 17.5 Å². The molecular formula is C18H11N3O2S. The minimum atomic E-state index is 0.267. The highest BCUT2D eigenvalue weighted by Gasteiger charge is 2.16. The van der Waals surface area contributed by atoms with Crippen molar-refractivity contribution >= 4 is 22.2 Å². The zero-order valence-electron chi connectivity index (χ0n) is 12.5. The summed E-state index contributed by atoms with van der Waals surface area (Å²) >= 11 is 1.55. The van der Waals surface area contributed by atoms with Gasteiger partial charge in [0.2, 0.25) is 6.79 Å². The summed E-state index contributed by atoms with van der Waals surface area (Å²) in [6.07, 6.45) is 1.80. The van der Waals surface area contributed by atoms with Crippen LogP contribution in [0.25, 0.3) is 32.0 Å². The van der Waals surface area contributed by atoms with Crippen LogP contribution in [0, 0.1) is 0 Å². The fraction of sp³-hybridized carbons (Fsp3) is 0.0556. The zero-order chi connectivity index (χ0) is 15.9. The van der Waals surface area contributed by atoms with Gasteiger partial charge in [0.15, 0.2) is 11.5 Å². The minimum absolute atomic E-state index is 0.267. The van der Waals surface area contributed by atoms with Crippen LogP contribution in [0.4, 0.5) is 0 Å². The van der Waals surface area contributed by atoms with Crippen LogP contribution >= 0.6 is 11.3 Å². The number of para-hydroxylation sites is 1. The second kappa shape index (κ2) is 5.28. The van der Waals surface area contributed by atoms with Gasteiger partial charge in [-0.15, -0.1) is 10.2 Å². The number of pyridine rings is 1. The van der Waals surface area contributed by atoms with Gasteiger partial charge in [-0.25, -0.2) is 0 Å². The molecule has 0 N–H and O–H groups in total. The molecule has 0 unspecified atom stereocenters. The molecule has 5 rings (SSSR count). The normalized spacial score (nSPS) is 12.7. The number of rotatable bonds is 2. The Balaban J connectivity index is 1.60. The highest BCUT2D eigenvalue weighted by molar-refractivity contribution is 7.18. The second-order valence-corrected chi connectivity index (χ2v) is 6.33. The number of nitrogens with zero attached hydrogens (tertiary/aromatic N) is 3. The molecule has 0 spiro atoms. The monoisotopic (exact) mass is 333 g/mol. The molecule has 4 aromatic rings. The van der Waals surface area contributed by atoms with Crippen molar-refractivity contribution in [1.82, 2.24) is 15.2 Å². The Kier molecular flexibility index (Phi) is 2.96. The van der Waals surface area contributed by atoms with Crippen molar-refractivity contribution in [2.45, 2.75) is 0 Å². The summed E-state index contributed by atoms with van der Waals surface area (Å²) in [5.41, 5.74) is 2.97. The lowest BCUT2D eigenvalue weighted by Gasteiger charge is -2.01.